The number of anilines is 1. The van der Waals surface area contributed by atoms with Crippen LogP contribution in [0, 0.1) is 11.8 Å². The summed E-state index contributed by atoms with van der Waals surface area (Å²) in [5, 5.41) is 3.57. The summed E-state index contributed by atoms with van der Waals surface area (Å²) in [4.78, 5) is 35.1. The van der Waals surface area contributed by atoms with Gasteiger partial charge in [0.25, 0.3) is 10.1 Å². The smallest absolute Gasteiger partial charge is 0.297 e. The fraction of sp³-hybridized carbons (Fsp3) is 0.629. The van der Waals surface area contributed by atoms with Gasteiger partial charge in [0, 0.05) is 26.0 Å². The number of fused-ring (bicyclic) bond motifs is 1. The van der Waals surface area contributed by atoms with Crippen molar-refractivity contribution in [1.29, 1.82) is 0 Å². The molecular weight excluding hydrogens is 613 g/mol. The maximum absolute atomic E-state index is 12.4. The predicted molar refractivity (Wildman–Crippen MR) is 191 cm³/mol. The van der Waals surface area contributed by atoms with Crippen LogP contribution in [-0.4, -0.2) is 56.4 Å². The van der Waals surface area contributed by atoms with Crippen molar-refractivity contribution in [2.45, 2.75) is 126 Å². The molecule has 1 amide bonds. The highest BCUT2D eigenvalue weighted by atomic mass is 32.2. The van der Waals surface area contributed by atoms with Gasteiger partial charge in [-0.05, 0) is 69.2 Å². The minimum atomic E-state index is -4.54. The van der Waals surface area contributed by atoms with E-state index < -0.39 is 15.7 Å². The van der Waals surface area contributed by atoms with Crippen LogP contribution < -0.4 is 5.32 Å². The van der Waals surface area contributed by atoms with E-state index in [0.717, 1.165) is 6.42 Å². The largest absolute Gasteiger partial charge is 0.374 e. The number of carbonyl (C=O) groups is 3. The van der Waals surface area contributed by atoms with Crippen molar-refractivity contribution in [2.75, 3.05) is 19.5 Å². The zero-order valence-corrected chi connectivity index (χ0v) is 26.9. The number of hydrogen-bond donors (Lipinski definition) is 2. The number of methoxy groups -OCH3 is 2. The lowest BCUT2D eigenvalue weighted by atomic mass is 9.84. The Morgan fingerprint density at radius 2 is 1.46 bits per heavy atom. The summed E-state index contributed by atoms with van der Waals surface area (Å²) in [5.74, 6) is 0.543. The third-order valence-electron chi connectivity index (χ3n) is 6.84. The Kier molecular flexibility index (Phi) is 28.1. The molecular formula is C35H64FNO8S. The molecule has 0 heterocycles. The van der Waals surface area contributed by atoms with Gasteiger partial charge in [0.1, 0.15) is 16.6 Å². The monoisotopic (exact) mass is 677 g/mol. The summed E-state index contributed by atoms with van der Waals surface area (Å²) in [5.41, 5.74) is -0.804. The summed E-state index contributed by atoms with van der Waals surface area (Å²) >= 11 is 0. The molecule has 270 valence electrons. The third-order valence-corrected chi connectivity index (χ3v) is 7.80. The van der Waals surface area contributed by atoms with E-state index in [-0.39, 0.29) is 75.0 Å². The molecule has 11 heteroatoms. The topological polar surface area (TPSA) is 136 Å². The number of benzene rings is 2. The van der Waals surface area contributed by atoms with Crippen LogP contribution in [0.4, 0.5) is 10.4 Å². The van der Waals surface area contributed by atoms with Gasteiger partial charge in [-0.25, -0.2) is 0 Å². The van der Waals surface area contributed by atoms with E-state index in [2.05, 4.69) is 19.2 Å². The van der Waals surface area contributed by atoms with Crippen LogP contribution in [0.3, 0.4) is 0 Å². The lowest BCUT2D eigenvalue weighted by molar-refractivity contribution is -0.142. The first-order chi connectivity index (χ1) is 19.1. The molecule has 0 radical (unpaired) electrons. The van der Waals surface area contributed by atoms with Crippen LogP contribution in [-0.2, 0) is 34.0 Å². The minimum Gasteiger partial charge on any atom is -0.374 e. The predicted octanol–water partition coefficient (Wildman–Crippen LogP) is 8.94. The zero-order valence-electron chi connectivity index (χ0n) is 26.1. The van der Waals surface area contributed by atoms with Crippen molar-refractivity contribution in [3.05, 3.63) is 36.4 Å². The Bertz CT molecular complexity index is 1280. The number of carbonyl (C=O) groups excluding carboxylic acids is 3. The molecule has 0 spiro atoms. The molecule has 2 aromatic rings. The van der Waals surface area contributed by atoms with Gasteiger partial charge in [0.05, 0.1) is 5.69 Å². The maximum Gasteiger partial charge on any atom is 0.297 e. The Labute approximate surface area is 279 Å². The molecule has 2 N–H and O–H groups in total. The number of nitrogens with one attached hydrogen (secondary N) is 1. The van der Waals surface area contributed by atoms with E-state index in [9.17, 15) is 27.4 Å². The Morgan fingerprint density at radius 3 is 1.87 bits per heavy atom. The minimum absolute atomic E-state index is 0. The van der Waals surface area contributed by atoms with Crippen molar-refractivity contribution < 1.29 is 41.5 Å². The molecule has 0 fully saturated rings. The van der Waals surface area contributed by atoms with Crippen LogP contribution in [0.25, 0.3) is 10.8 Å². The van der Waals surface area contributed by atoms with Gasteiger partial charge in [0.2, 0.25) is 5.91 Å². The highest BCUT2D eigenvalue weighted by Gasteiger charge is 2.35. The lowest BCUT2D eigenvalue weighted by Crippen LogP contribution is -2.40. The standard InChI is InChI=1S/C23H31NO6S.C8H16O2.4CH4.FH/c1-16(2)15-23(30-4,17(3)25)14-8-7-11-21(26)24-20-13-12-18-9-5-6-10-19(18)22(20)31(27,28)29;1-6(2)5-8(10-4)7(3)9;;;;;/h5-6,9-10,12-13,16H,7-8,11,14-15H2,1-4H3,(H,24,26)(H,27,28,29);6,8H,5H2,1-4H3;4*1H4;1H. The van der Waals surface area contributed by atoms with Gasteiger partial charge < -0.3 is 14.8 Å². The van der Waals surface area contributed by atoms with Gasteiger partial charge in [0.15, 0.2) is 11.6 Å². The summed E-state index contributed by atoms with van der Waals surface area (Å²) < 4.78 is 44.2. The van der Waals surface area contributed by atoms with Crippen LogP contribution in [0.5, 0.6) is 0 Å². The van der Waals surface area contributed by atoms with Crippen molar-refractivity contribution in [1.82, 2.24) is 0 Å². The number of ether oxygens (including phenoxy) is 2. The first-order valence-electron chi connectivity index (χ1n) is 14.0. The second kappa shape index (κ2) is 24.4. The number of amides is 1. The van der Waals surface area contributed by atoms with Crippen molar-refractivity contribution in [3.8, 4) is 0 Å². The fourth-order valence-corrected chi connectivity index (χ4v) is 5.66. The van der Waals surface area contributed by atoms with E-state index in [0.29, 0.717) is 48.3 Å². The number of halogens is 1. The molecule has 2 aromatic carbocycles. The summed E-state index contributed by atoms with van der Waals surface area (Å²) in [6.07, 6.45) is 3.02. The zero-order chi connectivity index (χ0) is 31.4. The van der Waals surface area contributed by atoms with Gasteiger partial charge in [-0.1, -0.05) is 87.7 Å². The Hall–Kier alpha value is -2.73. The van der Waals surface area contributed by atoms with Crippen molar-refractivity contribution in [2.24, 2.45) is 11.8 Å². The molecule has 0 saturated carbocycles. The Balaban J connectivity index is -0.000000326. The van der Waals surface area contributed by atoms with E-state index >= 15 is 0 Å². The molecule has 9 nitrogen and oxygen atoms in total. The molecule has 0 aliphatic rings. The molecule has 2 unspecified atom stereocenters. The molecule has 46 heavy (non-hydrogen) atoms. The molecule has 2 rings (SSSR count). The van der Waals surface area contributed by atoms with Crippen LogP contribution >= 0.6 is 0 Å². The molecule has 0 bridgehead atoms. The number of Topliss-reactive ketones (excluding diaryl/α,β-unsaturated/α-hetero) is 2. The SMILES string of the molecule is C.C.C.C.COC(CC(C)C)C(C)=O.COC(CCCCC(=O)Nc1ccc2ccccc2c1S(=O)(=O)O)(CC(C)C)C(C)=O.F. The van der Waals surface area contributed by atoms with Gasteiger partial charge in [-0.3, -0.25) is 23.6 Å². The Morgan fingerprint density at radius 1 is 0.891 bits per heavy atom. The van der Waals surface area contributed by atoms with Gasteiger partial charge in [-0.15, -0.1) is 0 Å². The normalized spacial score (nSPS) is 12.3. The summed E-state index contributed by atoms with van der Waals surface area (Å²) in [7, 11) is -1.43. The maximum atomic E-state index is 12.4. The molecule has 0 aliphatic heterocycles. The third kappa shape index (κ3) is 16.7. The number of rotatable bonds is 15. The average molecular weight is 678 g/mol. The van der Waals surface area contributed by atoms with E-state index in [1.807, 2.05) is 13.8 Å². The highest BCUT2D eigenvalue weighted by Crippen LogP contribution is 2.31. The van der Waals surface area contributed by atoms with Crippen molar-refractivity contribution in [3.63, 3.8) is 0 Å². The van der Waals surface area contributed by atoms with Gasteiger partial charge >= 0.3 is 0 Å². The van der Waals surface area contributed by atoms with Crippen LogP contribution in [0.1, 0.15) is 110 Å². The van der Waals surface area contributed by atoms with E-state index in [4.69, 9.17) is 9.47 Å². The number of ketones is 2. The highest BCUT2D eigenvalue weighted by molar-refractivity contribution is 7.86. The van der Waals surface area contributed by atoms with Crippen LogP contribution in [0.15, 0.2) is 41.3 Å². The first-order valence-corrected chi connectivity index (χ1v) is 15.4. The van der Waals surface area contributed by atoms with Crippen molar-refractivity contribution >= 4 is 44.1 Å². The summed E-state index contributed by atoms with van der Waals surface area (Å²) in [6, 6.07) is 9.88. The quantitative estimate of drug-likeness (QED) is 0.141. The van der Waals surface area contributed by atoms with Gasteiger partial charge in [-0.2, -0.15) is 8.42 Å². The molecule has 2 atom stereocenters. The molecule has 0 aromatic heterocycles. The van der Waals surface area contributed by atoms with Crippen LogP contribution in [0.2, 0.25) is 0 Å². The molecule has 0 saturated heterocycles. The second-order valence-corrected chi connectivity index (χ2v) is 12.6. The first kappa shape index (κ1) is 52.8. The van der Waals surface area contributed by atoms with E-state index in [1.54, 1.807) is 44.4 Å². The number of hydrogen-bond acceptors (Lipinski definition) is 7. The summed E-state index contributed by atoms with van der Waals surface area (Å²) in [6.45, 7) is 11.3. The number of unbranched alkanes of at least 4 members (excludes halogenated alkanes) is 1. The second-order valence-electron chi connectivity index (χ2n) is 11.2. The lowest BCUT2D eigenvalue weighted by Gasteiger charge is -2.31. The average Bonchev–Trinajstić information content (AvgIpc) is 2.87. The molecule has 0 aliphatic carbocycles. The van der Waals surface area contributed by atoms with E-state index in [1.165, 1.54) is 20.1 Å². The fourth-order valence-electron chi connectivity index (χ4n) is 4.79.